The lowest BCUT2D eigenvalue weighted by Gasteiger charge is -2.12. The van der Waals surface area contributed by atoms with Gasteiger partial charge in [0, 0.05) is 33.2 Å². The molecular formula is C55H36N4. The molecule has 0 amide bonds. The van der Waals surface area contributed by atoms with E-state index in [0.29, 0.717) is 17.5 Å². The summed E-state index contributed by atoms with van der Waals surface area (Å²) in [4.78, 5) is 15.3. The maximum Gasteiger partial charge on any atom is 0.164 e. The molecule has 4 nitrogen and oxygen atoms in total. The van der Waals surface area contributed by atoms with Gasteiger partial charge in [0.15, 0.2) is 17.5 Å². The quantitative estimate of drug-likeness (QED) is 0.163. The Hall–Kier alpha value is -7.95. The number of hydrogen-bond acceptors (Lipinski definition) is 3. The Balaban J connectivity index is 0.971. The summed E-state index contributed by atoms with van der Waals surface area (Å²) in [6.45, 7) is 0. The fourth-order valence-electron chi connectivity index (χ4n) is 8.24. The Morgan fingerprint density at radius 3 is 1.46 bits per heavy atom. The molecule has 0 atom stereocenters. The molecule has 0 unspecified atom stereocenters. The molecule has 4 heteroatoms. The highest BCUT2D eigenvalue weighted by Gasteiger charge is 2.16. The molecule has 0 spiro atoms. The van der Waals surface area contributed by atoms with Gasteiger partial charge in [0.1, 0.15) is 0 Å². The molecular weight excluding hydrogens is 717 g/mol. The number of hydrogen-bond donors (Lipinski definition) is 0. The number of aromatic nitrogens is 4. The average molecular weight is 753 g/mol. The van der Waals surface area contributed by atoms with Gasteiger partial charge in [-0.3, -0.25) is 0 Å². The van der Waals surface area contributed by atoms with Crippen molar-refractivity contribution in [2.45, 2.75) is 0 Å². The van der Waals surface area contributed by atoms with E-state index < -0.39 is 0 Å². The first-order valence-electron chi connectivity index (χ1n) is 19.9. The summed E-state index contributed by atoms with van der Waals surface area (Å²) in [6, 6.07) is 77.1. The topological polar surface area (TPSA) is 43.6 Å². The third kappa shape index (κ3) is 6.43. The van der Waals surface area contributed by atoms with Gasteiger partial charge in [0.25, 0.3) is 0 Å². The second-order valence-electron chi connectivity index (χ2n) is 14.9. The zero-order valence-corrected chi connectivity index (χ0v) is 32.1. The molecule has 0 saturated heterocycles. The Kier molecular flexibility index (Phi) is 8.45. The molecule has 11 rings (SSSR count). The molecule has 2 heterocycles. The van der Waals surface area contributed by atoms with E-state index in [1.807, 2.05) is 6.07 Å². The van der Waals surface area contributed by atoms with E-state index >= 15 is 0 Å². The van der Waals surface area contributed by atoms with Crippen LogP contribution < -0.4 is 0 Å². The van der Waals surface area contributed by atoms with Gasteiger partial charge in [-0.1, -0.05) is 176 Å². The Bertz CT molecular complexity index is 3300. The minimum atomic E-state index is 0.629. The number of fused-ring (bicyclic) bond motifs is 4. The van der Waals surface area contributed by atoms with Crippen LogP contribution in [0.4, 0.5) is 0 Å². The predicted molar refractivity (Wildman–Crippen MR) is 244 cm³/mol. The van der Waals surface area contributed by atoms with Crippen molar-refractivity contribution >= 4 is 32.6 Å². The summed E-state index contributed by atoms with van der Waals surface area (Å²) < 4.78 is 2.37. The van der Waals surface area contributed by atoms with Gasteiger partial charge in [-0.2, -0.15) is 0 Å². The first-order valence-corrected chi connectivity index (χ1v) is 19.9. The van der Waals surface area contributed by atoms with Gasteiger partial charge in [-0.05, 0) is 86.6 Å². The number of nitrogens with zero attached hydrogens (tertiary/aromatic N) is 4. The van der Waals surface area contributed by atoms with Crippen LogP contribution in [0, 0.1) is 0 Å². The first kappa shape index (κ1) is 34.3. The fraction of sp³-hybridized carbons (Fsp3) is 0. The molecule has 0 N–H and O–H groups in total. The Morgan fingerprint density at radius 1 is 0.254 bits per heavy atom. The molecule has 59 heavy (non-hydrogen) atoms. The zero-order valence-electron chi connectivity index (χ0n) is 32.1. The van der Waals surface area contributed by atoms with Crippen LogP contribution in [0.1, 0.15) is 0 Å². The second-order valence-corrected chi connectivity index (χ2v) is 14.9. The van der Waals surface area contributed by atoms with Crippen LogP contribution in [0.2, 0.25) is 0 Å². The van der Waals surface area contributed by atoms with E-state index in [1.165, 1.54) is 43.9 Å². The maximum absolute atomic E-state index is 5.11. The van der Waals surface area contributed by atoms with E-state index in [1.54, 1.807) is 0 Å². The van der Waals surface area contributed by atoms with Gasteiger partial charge in [0.2, 0.25) is 0 Å². The fourth-order valence-corrected chi connectivity index (χ4v) is 8.24. The normalized spacial score (nSPS) is 11.4. The number of benzene rings is 9. The standard InChI is InChI=1S/C55H36N4/c1-3-12-37(13-4-1)40-22-25-42(26-23-40)53-56-54(58-55(57-53)47-27-24-39-16-7-8-17-43(39)35-47)46-19-11-18-44(34-46)41-28-31-48(32-29-41)59-51-21-10-9-20-49(51)50-36-45(30-33-52(50)59)38-14-5-2-6-15-38/h1-36H. The third-order valence-corrected chi connectivity index (χ3v) is 11.3. The van der Waals surface area contributed by atoms with Crippen LogP contribution in [0.3, 0.4) is 0 Å². The molecule has 2 aromatic heterocycles. The summed E-state index contributed by atoms with van der Waals surface area (Å²) in [5.41, 5.74) is 13.2. The van der Waals surface area contributed by atoms with Crippen molar-refractivity contribution in [1.29, 1.82) is 0 Å². The largest absolute Gasteiger partial charge is 0.309 e. The van der Waals surface area contributed by atoms with Crippen molar-refractivity contribution in [3.63, 3.8) is 0 Å². The molecule has 0 aliphatic heterocycles. The molecule has 0 aliphatic carbocycles. The lowest BCUT2D eigenvalue weighted by molar-refractivity contribution is 1.07. The zero-order chi connectivity index (χ0) is 39.1. The number of rotatable bonds is 7. The van der Waals surface area contributed by atoms with Crippen molar-refractivity contribution in [3.05, 3.63) is 218 Å². The van der Waals surface area contributed by atoms with E-state index in [0.717, 1.165) is 44.5 Å². The van der Waals surface area contributed by atoms with Gasteiger partial charge in [0.05, 0.1) is 11.0 Å². The van der Waals surface area contributed by atoms with E-state index in [2.05, 4.69) is 217 Å². The minimum Gasteiger partial charge on any atom is -0.309 e. The van der Waals surface area contributed by atoms with Crippen LogP contribution in [-0.4, -0.2) is 19.5 Å². The van der Waals surface area contributed by atoms with Crippen LogP contribution >= 0.6 is 0 Å². The van der Waals surface area contributed by atoms with Gasteiger partial charge in [-0.25, -0.2) is 15.0 Å². The van der Waals surface area contributed by atoms with Crippen molar-refractivity contribution in [2.75, 3.05) is 0 Å². The van der Waals surface area contributed by atoms with Gasteiger partial charge >= 0.3 is 0 Å². The summed E-state index contributed by atoms with van der Waals surface area (Å²) in [6.07, 6.45) is 0. The average Bonchev–Trinajstić information content (AvgIpc) is 3.65. The highest BCUT2D eigenvalue weighted by molar-refractivity contribution is 6.10. The first-order chi connectivity index (χ1) is 29.2. The highest BCUT2D eigenvalue weighted by Crippen LogP contribution is 2.36. The van der Waals surface area contributed by atoms with Crippen molar-refractivity contribution in [3.8, 4) is 73.2 Å². The van der Waals surface area contributed by atoms with E-state index in [-0.39, 0.29) is 0 Å². The van der Waals surface area contributed by atoms with Crippen molar-refractivity contribution < 1.29 is 0 Å². The monoisotopic (exact) mass is 752 g/mol. The molecule has 0 saturated carbocycles. The van der Waals surface area contributed by atoms with Gasteiger partial charge in [-0.15, -0.1) is 0 Å². The van der Waals surface area contributed by atoms with Gasteiger partial charge < -0.3 is 4.57 Å². The van der Waals surface area contributed by atoms with Crippen LogP contribution in [0.25, 0.3) is 106 Å². The van der Waals surface area contributed by atoms with E-state index in [4.69, 9.17) is 15.0 Å². The second kappa shape index (κ2) is 14.5. The van der Waals surface area contributed by atoms with Crippen molar-refractivity contribution in [2.24, 2.45) is 0 Å². The molecule has 0 radical (unpaired) electrons. The maximum atomic E-state index is 5.11. The summed E-state index contributed by atoms with van der Waals surface area (Å²) >= 11 is 0. The minimum absolute atomic E-state index is 0.629. The molecule has 0 bridgehead atoms. The van der Waals surface area contributed by atoms with Crippen LogP contribution in [0.15, 0.2) is 218 Å². The Morgan fingerprint density at radius 2 is 0.712 bits per heavy atom. The predicted octanol–water partition coefficient (Wildman–Crippen LogP) is 14.1. The molecule has 9 aromatic carbocycles. The molecule has 276 valence electrons. The van der Waals surface area contributed by atoms with E-state index in [9.17, 15) is 0 Å². The van der Waals surface area contributed by atoms with Crippen LogP contribution in [-0.2, 0) is 0 Å². The highest BCUT2D eigenvalue weighted by atomic mass is 15.0. The Labute approximate surface area is 342 Å². The summed E-state index contributed by atoms with van der Waals surface area (Å²) in [5, 5.41) is 4.80. The summed E-state index contributed by atoms with van der Waals surface area (Å²) in [7, 11) is 0. The molecule has 0 fully saturated rings. The SMILES string of the molecule is c1ccc(-c2ccc(-c3nc(-c4cccc(-c5ccc(-n6c7ccccc7c7cc(-c8ccccc8)ccc76)cc5)c4)nc(-c4ccc5ccccc5c4)n3)cc2)cc1. The third-order valence-electron chi connectivity index (χ3n) is 11.3. The molecule has 0 aliphatic rings. The smallest absolute Gasteiger partial charge is 0.164 e. The lowest BCUT2D eigenvalue weighted by Crippen LogP contribution is -2.00. The summed E-state index contributed by atoms with van der Waals surface area (Å²) in [5.74, 6) is 1.90. The lowest BCUT2D eigenvalue weighted by atomic mass is 10.0. The molecule has 11 aromatic rings. The van der Waals surface area contributed by atoms with Crippen molar-refractivity contribution in [1.82, 2.24) is 19.5 Å². The van der Waals surface area contributed by atoms with Crippen LogP contribution in [0.5, 0.6) is 0 Å². The number of para-hydroxylation sites is 1.